The summed E-state index contributed by atoms with van der Waals surface area (Å²) >= 11 is 6.75. The first-order valence-electron chi connectivity index (χ1n) is 13.8. The van der Waals surface area contributed by atoms with Gasteiger partial charge in [0.1, 0.15) is 18.0 Å². The van der Waals surface area contributed by atoms with Crippen LogP contribution < -0.4 is 21.3 Å². The van der Waals surface area contributed by atoms with Gasteiger partial charge in [-0.05, 0) is 42.7 Å². The Hall–Kier alpha value is -4.32. The second-order valence-electron chi connectivity index (χ2n) is 10.1. The number of nitrogens with one attached hydrogen (secondary N) is 1. The Morgan fingerprint density at radius 3 is 2.74 bits per heavy atom. The summed E-state index contributed by atoms with van der Waals surface area (Å²) in [4.78, 5) is 27.8. The van der Waals surface area contributed by atoms with Gasteiger partial charge in [-0.25, -0.2) is 4.98 Å². The fourth-order valence-corrected chi connectivity index (χ4v) is 5.26. The van der Waals surface area contributed by atoms with Crippen molar-refractivity contribution in [3.8, 4) is 28.3 Å². The van der Waals surface area contributed by atoms with Gasteiger partial charge in [0.25, 0.3) is 5.56 Å². The third-order valence-electron chi connectivity index (χ3n) is 7.05. The predicted molar refractivity (Wildman–Crippen MR) is 160 cm³/mol. The Bertz CT molecular complexity index is 1780. The zero-order valence-corrected chi connectivity index (χ0v) is 23.8. The zero-order valence-electron chi connectivity index (χ0n) is 23.0. The lowest BCUT2D eigenvalue weighted by Gasteiger charge is -2.23. The van der Waals surface area contributed by atoms with Crippen LogP contribution in [0.2, 0.25) is 5.02 Å². The number of hydrogen-bond donors (Lipinski definition) is 2. The molecule has 1 aliphatic rings. The van der Waals surface area contributed by atoms with E-state index in [0.717, 1.165) is 18.4 Å². The van der Waals surface area contributed by atoms with Gasteiger partial charge < -0.3 is 25.0 Å². The number of nitrogens with zero attached hydrogens (tertiary/aromatic N) is 5. The zero-order chi connectivity index (χ0) is 29.1. The van der Waals surface area contributed by atoms with E-state index in [9.17, 15) is 4.79 Å². The molecule has 0 saturated carbocycles. The van der Waals surface area contributed by atoms with E-state index in [2.05, 4.69) is 20.4 Å². The highest BCUT2D eigenvalue weighted by Gasteiger charge is 2.19. The highest BCUT2D eigenvalue weighted by Crippen LogP contribution is 2.31. The number of hydrogen-bond acceptors (Lipinski definition) is 10. The molecule has 0 radical (unpaired) electrons. The first-order valence-corrected chi connectivity index (χ1v) is 14.1. The number of halogens is 1. The molecule has 1 fully saturated rings. The molecule has 216 valence electrons. The molecule has 0 amide bonds. The number of anilines is 1. The summed E-state index contributed by atoms with van der Waals surface area (Å²) < 4.78 is 17.9. The molecule has 0 aliphatic carbocycles. The van der Waals surface area contributed by atoms with Crippen LogP contribution in [0.3, 0.4) is 0 Å². The molecule has 0 unspecified atom stereocenters. The highest BCUT2D eigenvalue weighted by atomic mass is 35.5. The Kier molecular flexibility index (Phi) is 8.13. The van der Waals surface area contributed by atoms with Gasteiger partial charge in [0.2, 0.25) is 17.7 Å². The van der Waals surface area contributed by atoms with Crippen molar-refractivity contribution in [2.75, 3.05) is 31.7 Å². The number of aromatic nitrogens is 5. The second-order valence-corrected chi connectivity index (χ2v) is 10.5. The standard InChI is InChI=1S/C30H30ClN7O4/c1-18-34-27(37-42-18)20-5-6-24(26(31)15-20)25-14-21-16-33-30(35-22-7-10-40-11-8-22)36-28(21)38(29(25)39)17-19-3-2-4-23(13-19)41-12-9-32/h2-6,13-16,22H,7-12,17,32H2,1H3,(H,33,35,36). The van der Waals surface area contributed by atoms with Crippen molar-refractivity contribution in [1.29, 1.82) is 0 Å². The van der Waals surface area contributed by atoms with Gasteiger partial charge in [-0.3, -0.25) is 9.36 Å². The van der Waals surface area contributed by atoms with Crippen LogP contribution in [0.5, 0.6) is 5.75 Å². The van der Waals surface area contributed by atoms with E-state index in [-0.39, 0.29) is 18.1 Å². The third-order valence-corrected chi connectivity index (χ3v) is 7.36. The number of rotatable bonds is 9. The molecule has 0 bridgehead atoms. The van der Waals surface area contributed by atoms with Crippen molar-refractivity contribution in [3.63, 3.8) is 0 Å². The van der Waals surface area contributed by atoms with Crippen molar-refractivity contribution >= 4 is 28.6 Å². The van der Waals surface area contributed by atoms with Gasteiger partial charge in [0.15, 0.2) is 0 Å². The second kappa shape index (κ2) is 12.3. The molecule has 3 N–H and O–H groups in total. The minimum Gasteiger partial charge on any atom is -0.492 e. The predicted octanol–water partition coefficient (Wildman–Crippen LogP) is 4.45. The molecule has 1 aliphatic heterocycles. The average molecular weight is 588 g/mol. The molecule has 5 aromatic rings. The molecular formula is C30H30ClN7O4. The Morgan fingerprint density at radius 2 is 1.98 bits per heavy atom. The topological polar surface area (TPSA) is 143 Å². The summed E-state index contributed by atoms with van der Waals surface area (Å²) in [6.45, 7) is 4.16. The quantitative estimate of drug-likeness (QED) is 0.254. The van der Waals surface area contributed by atoms with Crippen LogP contribution in [0.15, 0.2) is 64.0 Å². The van der Waals surface area contributed by atoms with Gasteiger partial charge in [0.05, 0.1) is 6.54 Å². The van der Waals surface area contributed by atoms with Crippen molar-refractivity contribution < 1.29 is 14.0 Å². The third kappa shape index (κ3) is 5.98. The lowest BCUT2D eigenvalue weighted by Crippen LogP contribution is -2.29. The molecule has 3 aromatic heterocycles. The van der Waals surface area contributed by atoms with Gasteiger partial charge in [0, 0.05) is 66.0 Å². The van der Waals surface area contributed by atoms with Crippen LogP contribution in [-0.2, 0) is 11.3 Å². The number of nitrogens with two attached hydrogens (primary N) is 1. The van der Waals surface area contributed by atoms with E-state index >= 15 is 0 Å². The van der Waals surface area contributed by atoms with E-state index in [1.807, 2.05) is 30.3 Å². The summed E-state index contributed by atoms with van der Waals surface area (Å²) in [6, 6.07) is 14.9. The van der Waals surface area contributed by atoms with Crippen molar-refractivity contribution in [2.45, 2.75) is 32.4 Å². The Labute approximate surface area is 246 Å². The summed E-state index contributed by atoms with van der Waals surface area (Å²) in [6.07, 6.45) is 3.45. The van der Waals surface area contributed by atoms with Gasteiger partial charge in [-0.2, -0.15) is 9.97 Å². The number of benzene rings is 2. The number of pyridine rings is 1. The maximum Gasteiger partial charge on any atom is 0.260 e. The average Bonchev–Trinajstić information content (AvgIpc) is 3.44. The van der Waals surface area contributed by atoms with E-state index in [1.54, 1.807) is 35.9 Å². The molecule has 6 rings (SSSR count). The van der Waals surface area contributed by atoms with Crippen molar-refractivity contribution in [2.24, 2.45) is 5.73 Å². The molecule has 11 nitrogen and oxygen atoms in total. The SMILES string of the molecule is Cc1nc(-c2ccc(-c3cc4cnc(NC5CCOCC5)nc4n(Cc4cccc(OCCN)c4)c3=O)c(Cl)c2)no1. The normalized spacial score (nSPS) is 13.9. The van der Waals surface area contributed by atoms with E-state index in [1.165, 1.54) is 0 Å². The van der Waals surface area contributed by atoms with E-state index < -0.39 is 0 Å². The van der Waals surface area contributed by atoms with Crippen LogP contribution in [0.25, 0.3) is 33.5 Å². The van der Waals surface area contributed by atoms with Crippen molar-refractivity contribution in [3.05, 3.63) is 81.6 Å². The van der Waals surface area contributed by atoms with Crippen LogP contribution in [0, 0.1) is 6.92 Å². The van der Waals surface area contributed by atoms with E-state index in [4.69, 9.17) is 36.3 Å². The summed E-state index contributed by atoms with van der Waals surface area (Å²) in [7, 11) is 0. The lowest BCUT2D eigenvalue weighted by atomic mass is 10.0. The van der Waals surface area contributed by atoms with Gasteiger partial charge in [-0.15, -0.1) is 0 Å². The van der Waals surface area contributed by atoms with Crippen LogP contribution in [0.1, 0.15) is 24.3 Å². The molecule has 0 spiro atoms. The largest absolute Gasteiger partial charge is 0.492 e. The molecule has 0 atom stereocenters. The summed E-state index contributed by atoms with van der Waals surface area (Å²) in [5.41, 5.74) is 8.43. The summed E-state index contributed by atoms with van der Waals surface area (Å²) in [5, 5.41) is 8.46. The van der Waals surface area contributed by atoms with Crippen LogP contribution in [0.4, 0.5) is 5.95 Å². The van der Waals surface area contributed by atoms with Crippen molar-refractivity contribution in [1.82, 2.24) is 24.7 Å². The van der Waals surface area contributed by atoms with Gasteiger partial charge in [-0.1, -0.05) is 41.0 Å². The number of fused-ring (bicyclic) bond motifs is 1. The molecule has 4 heterocycles. The molecule has 1 saturated heterocycles. The first-order chi connectivity index (χ1) is 20.5. The smallest absolute Gasteiger partial charge is 0.260 e. The maximum absolute atomic E-state index is 14.2. The molecule has 2 aromatic carbocycles. The highest BCUT2D eigenvalue weighted by molar-refractivity contribution is 6.33. The monoisotopic (exact) mass is 587 g/mol. The Morgan fingerprint density at radius 1 is 1.12 bits per heavy atom. The molecular weight excluding hydrogens is 558 g/mol. The number of aryl methyl sites for hydroxylation is 1. The fraction of sp³-hybridized carbons (Fsp3) is 0.300. The Balaban J connectivity index is 1.44. The van der Waals surface area contributed by atoms with Crippen LogP contribution in [-0.4, -0.2) is 57.1 Å². The maximum atomic E-state index is 14.2. The summed E-state index contributed by atoms with van der Waals surface area (Å²) in [5.74, 6) is 2.02. The number of ether oxygens (including phenoxy) is 2. The van der Waals surface area contributed by atoms with E-state index in [0.29, 0.717) is 82.5 Å². The molecule has 12 heteroatoms. The van der Waals surface area contributed by atoms with Crippen LogP contribution >= 0.6 is 11.6 Å². The first kappa shape index (κ1) is 27.8. The lowest BCUT2D eigenvalue weighted by molar-refractivity contribution is 0.0903. The van der Waals surface area contributed by atoms with Gasteiger partial charge >= 0.3 is 0 Å². The minimum absolute atomic E-state index is 0.201. The molecule has 42 heavy (non-hydrogen) atoms. The minimum atomic E-state index is -0.239. The fourth-order valence-electron chi connectivity index (χ4n) is 4.97.